The van der Waals surface area contributed by atoms with Crippen LogP contribution in [0.25, 0.3) is 28.5 Å². The molecular formula is C24H17Cl2IrN5O-2. The van der Waals surface area contributed by atoms with Gasteiger partial charge in [0.25, 0.3) is 0 Å². The summed E-state index contributed by atoms with van der Waals surface area (Å²) in [7, 11) is 1.62. The van der Waals surface area contributed by atoms with Gasteiger partial charge in [-0.1, -0.05) is 23.2 Å². The molecule has 0 aliphatic rings. The number of rotatable bonds is 4. The van der Waals surface area contributed by atoms with E-state index in [1.807, 2.05) is 53.2 Å². The van der Waals surface area contributed by atoms with Gasteiger partial charge in [-0.2, -0.15) is 5.10 Å². The summed E-state index contributed by atoms with van der Waals surface area (Å²) < 4.78 is 7.04. The van der Waals surface area contributed by atoms with Gasteiger partial charge in [-0.25, -0.2) is 0 Å². The van der Waals surface area contributed by atoms with Gasteiger partial charge in [0.2, 0.25) is 0 Å². The zero-order valence-electron chi connectivity index (χ0n) is 17.3. The van der Waals surface area contributed by atoms with Crippen LogP contribution in [0.1, 0.15) is 0 Å². The van der Waals surface area contributed by atoms with Gasteiger partial charge in [-0.15, -0.1) is 65.7 Å². The van der Waals surface area contributed by atoms with Gasteiger partial charge in [0.05, 0.1) is 29.5 Å². The molecule has 0 saturated carbocycles. The van der Waals surface area contributed by atoms with Gasteiger partial charge in [-0.05, 0) is 18.2 Å². The van der Waals surface area contributed by atoms with Crippen LogP contribution in [0.3, 0.4) is 0 Å². The van der Waals surface area contributed by atoms with Crippen molar-refractivity contribution in [2.45, 2.75) is 0 Å². The molecule has 2 aromatic heterocycles. The molecule has 1 radical (unpaired) electrons. The van der Waals surface area contributed by atoms with Crippen LogP contribution >= 0.6 is 23.2 Å². The Morgan fingerprint density at radius 2 is 1.88 bits per heavy atom. The summed E-state index contributed by atoms with van der Waals surface area (Å²) in [6.07, 6.45) is 5.05. The Bertz CT molecular complexity index is 1280. The fourth-order valence-electron chi connectivity index (χ4n) is 2.93. The molecule has 2 heterocycles. The Morgan fingerprint density at radius 1 is 1.00 bits per heavy atom. The number of benzene rings is 3. The average molecular weight is 655 g/mol. The predicted molar refractivity (Wildman–Crippen MR) is 125 cm³/mol. The molecule has 33 heavy (non-hydrogen) atoms. The third-order valence-corrected chi connectivity index (χ3v) is 4.99. The van der Waals surface area contributed by atoms with Crippen molar-refractivity contribution >= 4 is 23.2 Å². The Labute approximate surface area is 214 Å². The van der Waals surface area contributed by atoms with E-state index < -0.39 is 0 Å². The number of ether oxygens (including phenoxy) is 1. The first-order chi connectivity index (χ1) is 15.7. The topological polar surface area (TPSA) is 68.6 Å². The first-order valence-corrected chi connectivity index (χ1v) is 10.3. The quantitative estimate of drug-likeness (QED) is 0.245. The Kier molecular flexibility index (Phi) is 8.80. The zero-order chi connectivity index (χ0) is 22.3. The monoisotopic (exact) mass is 654 g/mol. The fourth-order valence-corrected chi connectivity index (χ4v) is 3.43. The molecular weight excluding hydrogens is 637 g/mol. The number of nitrogens with one attached hydrogen (secondary N) is 1. The van der Waals surface area contributed by atoms with Gasteiger partial charge in [-0.3, -0.25) is 15.1 Å². The van der Waals surface area contributed by atoms with E-state index in [-0.39, 0.29) is 20.1 Å². The maximum atomic E-state index is 6.26. The van der Waals surface area contributed by atoms with Gasteiger partial charge in [0.15, 0.2) is 0 Å². The Morgan fingerprint density at radius 3 is 2.52 bits per heavy atom. The zero-order valence-corrected chi connectivity index (χ0v) is 21.2. The number of H-pyrrole nitrogens is 1. The van der Waals surface area contributed by atoms with E-state index >= 15 is 0 Å². The van der Waals surface area contributed by atoms with Gasteiger partial charge < -0.3 is 9.30 Å². The molecule has 169 valence electrons. The fraction of sp³-hybridized carbons (Fsp3) is 0.0417. The van der Waals surface area contributed by atoms with Crippen LogP contribution in [0, 0.1) is 12.1 Å². The van der Waals surface area contributed by atoms with Crippen molar-refractivity contribution in [2.75, 3.05) is 7.11 Å². The van der Waals surface area contributed by atoms with E-state index in [9.17, 15) is 0 Å². The first kappa shape index (κ1) is 24.7. The minimum absolute atomic E-state index is 0. The van der Waals surface area contributed by atoms with Gasteiger partial charge >= 0.3 is 0 Å². The van der Waals surface area contributed by atoms with E-state index in [2.05, 4.69) is 32.3 Å². The minimum Gasteiger partial charge on any atom is -0.540 e. The molecule has 5 aromatic rings. The number of nitrogens with zero attached hydrogens (tertiary/aromatic N) is 4. The molecule has 9 heteroatoms. The minimum atomic E-state index is 0. The second-order valence-electron chi connectivity index (χ2n) is 6.47. The number of aromatic amines is 1. The average Bonchev–Trinajstić information content (AvgIpc) is 3.53. The number of imidazole rings is 1. The van der Waals surface area contributed by atoms with Crippen molar-refractivity contribution in [3.8, 4) is 34.2 Å². The van der Waals surface area contributed by atoms with E-state index in [4.69, 9.17) is 27.9 Å². The molecule has 0 amide bonds. The van der Waals surface area contributed by atoms with Crippen LogP contribution in [0.2, 0.25) is 10.0 Å². The van der Waals surface area contributed by atoms with Gasteiger partial charge in [0.1, 0.15) is 6.33 Å². The summed E-state index contributed by atoms with van der Waals surface area (Å²) in [4.78, 5) is 8.37. The molecule has 1 N–H and O–H groups in total. The standard InChI is InChI=1S/C16H11Cl2N2O.C8H6N3.Ir/c1-21-13-5-2-11(3-6-13)16-19-8-9-20(16)15-7-4-12(17)10-14(15)18;1-2-4-7(5-3-1)8-9-6-10-11-8;/h2,4-10H,1H3;1-4,6H,(H,9,10,11);/q2*-1;. The third-order valence-electron chi connectivity index (χ3n) is 4.45. The molecule has 3 aromatic carbocycles. The van der Waals surface area contributed by atoms with Crippen molar-refractivity contribution < 1.29 is 24.8 Å². The second kappa shape index (κ2) is 11.8. The molecule has 0 spiro atoms. The van der Waals surface area contributed by atoms with Crippen LogP contribution in [0.15, 0.2) is 79.4 Å². The smallest absolute Gasteiger partial charge is 0.126 e. The van der Waals surface area contributed by atoms with Crippen LogP contribution in [-0.2, 0) is 20.1 Å². The molecule has 0 aliphatic carbocycles. The van der Waals surface area contributed by atoms with Crippen molar-refractivity contribution in [3.63, 3.8) is 0 Å². The van der Waals surface area contributed by atoms with Crippen molar-refractivity contribution in [1.82, 2.24) is 24.7 Å². The van der Waals surface area contributed by atoms with E-state index in [0.717, 1.165) is 34.2 Å². The summed E-state index contributed by atoms with van der Waals surface area (Å²) in [6.45, 7) is 0. The molecule has 0 saturated heterocycles. The third kappa shape index (κ3) is 6.09. The van der Waals surface area contributed by atoms with Crippen LogP contribution < -0.4 is 4.74 Å². The molecule has 6 nitrogen and oxygen atoms in total. The molecule has 0 bridgehead atoms. The van der Waals surface area contributed by atoms with Crippen molar-refractivity contribution in [2.24, 2.45) is 0 Å². The molecule has 0 unspecified atom stereocenters. The normalized spacial score (nSPS) is 10.0. The van der Waals surface area contributed by atoms with Gasteiger partial charge in [0, 0.05) is 43.3 Å². The molecule has 0 atom stereocenters. The summed E-state index contributed by atoms with van der Waals surface area (Å²) >= 11 is 12.2. The van der Waals surface area contributed by atoms with Crippen molar-refractivity contribution in [3.05, 3.63) is 102 Å². The van der Waals surface area contributed by atoms with Crippen molar-refractivity contribution in [1.29, 1.82) is 0 Å². The number of halogens is 2. The summed E-state index contributed by atoms with van der Waals surface area (Å²) in [5.74, 6) is 2.26. The Balaban J connectivity index is 0.000000215. The number of hydrogen-bond donors (Lipinski definition) is 1. The van der Waals surface area contributed by atoms with Crippen LogP contribution in [0.5, 0.6) is 5.75 Å². The number of hydrogen-bond acceptors (Lipinski definition) is 4. The molecule has 0 fully saturated rings. The summed E-state index contributed by atoms with van der Waals surface area (Å²) in [6, 6.07) is 24.7. The Hall–Kier alpha value is -2.96. The maximum Gasteiger partial charge on any atom is 0.126 e. The summed E-state index contributed by atoms with van der Waals surface area (Å²) in [5.41, 5.74) is 2.61. The first-order valence-electron chi connectivity index (χ1n) is 9.53. The van der Waals surface area contributed by atoms with Crippen LogP contribution in [0.4, 0.5) is 0 Å². The summed E-state index contributed by atoms with van der Waals surface area (Å²) in [5, 5.41) is 7.67. The molecule has 0 aliphatic heterocycles. The van der Waals surface area contributed by atoms with Crippen LogP contribution in [-0.4, -0.2) is 31.8 Å². The largest absolute Gasteiger partial charge is 0.540 e. The molecule has 5 rings (SSSR count). The predicted octanol–water partition coefficient (Wildman–Crippen LogP) is 5.92. The SMILES string of the molecule is COc1c[c-]c(-c2nccn2-c2ccc(Cl)cc2Cl)cc1.[Ir].[c-]1ccccc1-c1ncn[nH]1. The van der Waals surface area contributed by atoms with E-state index in [0.29, 0.717) is 10.0 Å². The van der Waals surface area contributed by atoms with E-state index in [1.54, 1.807) is 31.5 Å². The second-order valence-corrected chi connectivity index (χ2v) is 7.31. The van der Waals surface area contributed by atoms with E-state index in [1.165, 1.54) is 6.33 Å². The maximum absolute atomic E-state index is 6.26. The number of aromatic nitrogens is 5. The number of methoxy groups -OCH3 is 1.